The normalized spacial score (nSPS) is 11.6. The number of hydrazone groups is 1. The van der Waals surface area contributed by atoms with Crippen molar-refractivity contribution in [1.82, 2.24) is 4.31 Å². The molecule has 0 saturated carbocycles. The van der Waals surface area contributed by atoms with Crippen LogP contribution in [0.3, 0.4) is 0 Å². The topological polar surface area (TPSA) is 114 Å². The molecule has 0 aromatic heterocycles. The molecule has 0 heterocycles. The molecule has 178 valence electrons. The lowest BCUT2D eigenvalue weighted by Gasteiger charge is -2.20. The lowest BCUT2D eigenvalue weighted by atomic mass is 10.2. The molecule has 1 N–H and O–H groups in total. The lowest BCUT2D eigenvalue weighted by Crippen LogP contribution is -2.31. The number of nitro groups is 1. The molecule has 9 nitrogen and oxygen atoms in total. The van der Waals surface area contributed by atoms with Crippen molar-refractivity contribution < 1.29 is 18.1 Å². The molecule has 0 bridgehead atoms. The molecule has 0 aliphatic heterocycles. The Morgan fingerprint density at radius 2 is 1.76 bits per heavy atom. The summed E-state index contributed by atoms with van der Waals surface area (Å²) >= 11 is 0. The van der Waals surface area contributed by atoms with E-state index in [4.69, 9.17) is 4.74 Å². The van der Waals surface area contributed by atoms with Gasteiger partial charge in [-0.15, -0.1) is 0 Å². The van der Waals surface area contributed by atoms with E-state index in [2.05, 4.69) is 10.5 Å². The Balaban J connectivity index is 1.79. The first-order valence-electron chi connectivity index (χ1n) is 10.7. The zero-order valence-electron chi connectivity index (χ0n) is 18.9. The summed E-state index contributed by atoms with van der Waals surface area (Å²) in [6.45, 7) is 4.31. The summed E-state index contributed by atoms with van der Waals surface area (Å²) in [5.74, 6) is 0.660. The molecule has 0 fully saturated rings. The fourth-order valence-electron chi connectivity index (χ4n) is 3.23. The summed E-state index contributed by atoms with van der Waals surface area (Å²) in [6.07, 6.45) is 1.52. The van der Waals surface area contributed by atoms with Gasteiger partial charge in [-0.05, 0) is 29.3 Å². The molecule has 0 unspecified atom stereocenters. The predicted molar refractivity (Wildman–Crippen MR) is 132 cm³/mol. The van der Waals surface area contributed by atoms with Crippen molar-refractivity contribution in [3.8, 4) is 5.75 Å². The van der Waals surface area contributed by atoms with Crippen molar-refractivity contribution in [3.63, 3.8) is 0 Å². The van der Waals surface area contributed by atoms with Crippen molar-refractivity contribution >= 4 is 27.6 Å². The Morgan fingerprint density at radius 1 is 1.03 bits per heavy atom. The van der Waals surface area contributed by atoms with Crippen LogP contribution in [0.5, 0.6) is 5.75 Å². The SMILES string of the molecule is CCN(CC)S(=O)(=O)c1cc([N+](=O)[O-])ccc1NN=Cc1cccc(OCc2ccccc2)c1. The Kier molecular flexibility index (Phi) is 8.34. The average molecular weight is 483 g/mol. The highest BCUT2D eigenvalue weighted by Crippen LogP contribution is 2.29. The van der Waals surface area contributed by atoms with Crippen molar-refractivity contribution in [2.24, 2.45) is 5.10 Å². The quantitative estimate of drug-likeness (QED) is 0.242. The van der Waals surface area contributed by atoms with Gasteiger partial charge in [-0.2, -0.15) is 9.41 Å². The first-order valence-corrected chi connectivity index (χ1v) is 12.1. The van der Waals surface area contributed by atoms with E-state index >= 15 is 0 Å². The third kappa shape index (κ3) is 6.18. The third-order valence-corrected chi connectivity index (χ3v) is 7.09. The van der Waals surface area contributed by atoms with Crippen molar-refractivity contribution in [1.29, 1.82) is 0 Å². The number of benzene rings is 3. The van der Waals surface area contributed by atoms with Crippen LogP contribution < -0.4 is 10.2 Å². The van der Waals surface area contributed by atoms with Gasteiger partial charge < -0.3 is 4.74 Å². The summed E-state index contributed by atoms with van der Waals surface area (Å²) in [5.41, 5.74) is 4.32. The Bertz CT molecular complexity index is 1260. The summed E-state index contributed by atoms with van der Waals surface area (Å²) in [4.78, 5) is 10.4. The molecule has 0 spiro atoms. The summed E-state index contributed by atoms with van der Waals surface area (Å²) in [7, 11) is -3.95. The zero-order chi connectivity index (χ0) is 24.6. The van der Waals surface area contributed by atoms with E-state index in [-0.39, 0.29) is 29.4 Å². The fourth-order valence-corrected chi connectivity index (χ4v) is 4.85. The van der Waals surface area contributed by atoms with Crippen LogP contribution in [0.25, 0.3) is 0 Å². The summed E-state index contributed by atoms with van der Waals surface area (Å²) < 4.78 is 33.2. The molecule has 10 heteroatoms. The van der Waals surface area contributed by atoms with Gasteiger partial charge in [0.15, 0.2) is 0 Å². The fraction of sp³-hybridized carbons (Fsp3) is 0.208. The second-order valence-corrected chi connectivity index (χ2v) is 9.15. The van der Waals surface area contributed by atoms with E-state index < -0.39 is 14.9 Å². The minimum atomic E-state index is -3.95. The van der Waals surface area contributed by atoms with E-state index in [9.17, 15) is 18.5 Å². The lowest BCUT2D eigenvalue weighted by molar-refractivity contribution is -0.385. The van der Waals surface area contributed by atoms with Gasteiger partial charge >= 0.3 is 0 Å². The van der Waals surface area contributed by atoms with Crippen LogP contribution in [0, 0.1) is 10.1 Å². The first kappa shape index (κ1) is 24.9. The molecular weight excluding hydrogens is 456 g/mol. The predicted octanol–water partition coefficient (Wildman–Crippen LogP) is 4.65. The number of rotatable bonds is 11. The van der Waals surface area contributed by atoms with Gasteiger partial charge in [-0.3, -0.25) is 15.5 Å². The van der Waals surface area contributed by atoms with Gasteiger partial charge in [0.05, 0.1) is 16.8 Å². The summed E-state index contributed by atoms with van der Waals surface area (Å²) in [6, 6.07) is 20.7. The van der Waals surface area contributed by atoms with Crippen LogP contribution in [0.15, 0.2) is 82.8 Å². The highest BCUT2D eigenvalue weighted by atomic mass is 32.2. The maximum atomic E-state index is 13.1. The van der Waals surface area contributed by atoms with E-state index in [0.29, 0.717) is 12.4 Å². The van der Waals surface area contributed by atoms with Crippen molar-refractivity contribution in [2.45, 2.75) is 25.3 Å². The number of anilines is 1. The molecule has 0 saturated heterocycles. The second kappa shape index (κ2) is 11.4. The van der Waals surface area contributed by atoms with E-state index in [1.165, 1.54) is 22.7 Å². The molecule has 0 radical (unpaired) electrons. The Morgan fingerprint density at radius 3 is 2.44 bits per heavy atom. The highest BCUT2D eigenvalue weighted by Gasteiger charge is 2.27. The van der Waals surface area contributed by atoms with Gasteiger partial charge in [-0.25, -0.2) is 8.42 Å². The molecule has 3 aromatic rings. The number of hydrogen-bond donors (Lipinski definition) is 1. The average Bonchev–Trinajstić information content (AvgIpc) is 2.84. The Hall–Kier alpha value is -3.76. The summed E-state index contributed by atoms with van der Waals surface area (Å²) in [5, 5.41) is 15.4. The van der Waals surface area contributed by atoms with Gasteiger partial charge in [0.2, 0.25) is 10.0 Å². The molecule has 0 atom stereocenters. The van der Waals surface area contributed by atoms with Crippen LogP contribution in [-0.4, -0.2) is 37.0 Å². The standard InChI is InChI=1S/C24H26N4O5S/c1-3-27(4-2)34(31,32)24-16-21(28(29)30)13-14-23(24)26-25-17-20-11-8-12-22(15-20)33-18-19-9-6-5-7-10-19/h5-17,26H,3-4,18H2,1-2H3. The molecule has 3 aromatic carbocycles. The van der Waals surface area contributed by atoms with E-state index in [1.807, 2.05) is 48.5 Å². The minimum absolute atomic E-state index is 0.144. The number of non-ortho nitro benzene ring substituents is 1. The van der Waals surface area contributed by atoms with Crippen LogP contribution >= 0.6 is 0 Å². The van der Waals surface area contributed by atoms with Crippen LogP contribution in [0.2, 0.25) is 0 Å². The van der Waals surface area contributed by atoms with Gasteiger partial charge in [0, 0.05) is 25.2 Å². The molecule has 0 aliphatic carbocycles. The van der Waals surface area contributed by atoms with Gasteiger partial charge in [-0.1, -0.05) is 56.3 Å². The monoisotopic (exact) mass is 482 g/mol. The maximum absolute atomic E-state index is 13.1. The molecule has 0 aliphatic rings. The largest absolute Gasteiger partial charge is 0.489 e. The third-order valence-electron chi connectivity index (χ3n) is 5.00. The van der Waals surface area contributed by atoms with E-state index in [1.54, 1.807) is 19.9 Å². The number of nitro benzene ring substituents is 1. The van der Waals surface area contributed by atoms with Crippen molar-refractivity contribution in [3.05, 3.63) is 94.0 Å². The number of nitrogens with zero attached hydrogens (tertiary/aromatic N) is 3. The number of sulfonamides is 1. The highest BCUT2D eigenvalue weighted by molar-refractivity contribution is 7.89. The molecule has 3 rings (SSSR count). The molecule has 34 heavy (non-hydrogen) atoms. The smallest absolute Gasteiger partial charge is 0.270 e. The number of ether oxygens (including phenoxy) is 1. The first-order chi connectivity index (χ1) is 16.3. The Labute approximate surface area is 198 Å². The molecular formula is C24H26N4O5S. The number of nitrogens with one attached hydrogen (secondary N) is 1. The van der Waals surface area contributed by atoms with Gasteiger partial charge in [0.25, 0.3) is 5.69 Å². The van der Waals surface area contributed by atoms with Crippen molar-refractivity contribution in [2.75, 3.05) is 18.5 Å². The maximum Gasteiger partial charge on any atom is 0.270 e. The van der Waals surface area contributed by atoms with Crippen LogP contribution in [0.1, 0.15) is 25.0 Å². The second-order valence-electron chi connectivity index (χ2n) is 7.24. The van der Waals surface area contributed by atoms with Crippen LogP contribution in [-0.2, 0) is 16.6 Å². The molecule has 0 amide bonds. The van der Waals surface area contributed by atoms with Crippen LogP contribution in [0.4, 0.5) is 11.4 Å². The van der Waals surface area contributed by atoms with Gasteiger partial charge in [0.1, 0.15) is 17.3 Å². The minimum Gasteiger partial charge on any atom is -0.489 e. The van der Waals surface area contributed by atoms with E-state index in [0.717, 1.165) is 17.2 Å². The number of hydrogen-bond acceptors (Lipinski definition) is 7. The zero-order valence-corrected chi connectivity index (χ0v) is 19.7.